The zero-order chi connectivity index (χ0) is 17.9. The maximum Gasteiger partial charge on any atom is 0.373 e. The van der Waals surface area contributed by atoms with Crippen molar-refractivity contribution in [2.45, 2.75) is 54.4 Å². The molecule has 0 unspecified atom stereocenters. The number of carbonyl (C=O) groups excluding carboxylic acids is 3. The first-order chi connectivity index (χ1) is 9.57. The van der Waals surface area contributed by atoms with Crippen LogP contribution in [0.1, 0.15) is 54.4 Å². The zero-order valence-corrected chi connectivity index (χ0v) is 14.3. The molecule has 0 spiro atoms. The Kier molecular flexibility index (Phi) is 32.6. The van der Waals surface area contributed by atoms with Gasteiger partial charge in [-0.25, -0.2) is 0 Å². The topological polar surface area (TPSA) is 155 Å². The van der Waals surface area contributed by atoms with E-state index in [-0.39, 0.29) is 28.9 Å². The third-order valence-electron chi connectivity index (χ3n) is 2.81. The normalized spacial score (nSPS) is 8.95. The minimum absolute atomic E-state index is 0. The molecule has 0 aliphatic heterocycles. The van der Waals surface area contributed by atoms with Crippen molar-refractivity contribution in [1.82, 2.24) is 0 Å². The van der Waals surface area contributed by atoms with Crippen molar-refractivity contribution in [3.8, 4) is 0 Å². The number of hydrogen-bond donors (Lipinski definition) is 2. The average Bonchev–Trinajstić information content (AvgIpc) is 2.49. The lowest BCUT2D eigenvalue weighted by Gasteiger charge is -2.17. The molecular formula is C14H31O8-. The van der Waals surface area contributed by atoms with Crippen LogP contribution in [0.5, 0.6) is 0 Å². The Morgan fingerprint density at radius 2 is 1.18 bits per heavy atom. The van der Waals surface area contributed by atoms with Gasteiger partial charge in [-0.15, -0.1) is 0 Å². The summed E-state index contributed by atoms with van der Waals surface area (Å²) < 4.78 is 0. The van der Waals surface area contributed by atoms with Crippen LogP contribution in [0.15, 0.2) is 0 Å². The molecule has 0 saturated heterocycles. The molecule has 8 heteroatoms. The number of aliphatic hydroxyl groups excluding tert-OH is 2. The molecule has 0 aliphatic rings. The van der Waals surface area contributed by atoms with E-state index in [1.807, 2.05) is 27.7 Å². The van der Waals surface area contributed by atoms with Crippen molar-refractivity contribution < 1.29 is 40.2 Å². The van der Waals surface area contributed by atoms with Crippen LogP contribution in [0.3, 0.4) is 0 Å². The number of rotatable bonds is 5. The summed E-state index contributed by atoms with van der Waals surface area (Å²) >= 11 is 0. The molecule has 0 heterocycles. The number of aliphatic hydroxyl groups is 2. The van der Waals surface area contributed by atoms with Gasteiger partial charge in [0.25, 0.3) is 6.47 Å². The molecule has 0 atom stereocenters. The predicted molar refractivity (Wildman–Crippen MR) is 78.1 cm³/mol. The van der Waals surface area contributed by atoms with Gasteiger partial charge < -0.3 is 25.8 Å². The van der Waals surface area contributed by atoms with Crippen molar-refractivity contribution >= 4 is 12.6 Å². The third kappa shape index (κ3) is 42.8. The Hall–Kier alpha value is -1.31. The van der Waals surface area contributed by atoms with E-state index in [0.29, 0.717) is 13.2 Å². The molecule has 0 saturated carbocycles. The van der Waals surface area contributed by atoms with Crippen molar-refractivity contribution in [2.75, 3.05) is 13.2 Å². The van der Waals surface area contributed by atoms with Crippen LogP contribution in [-0.2, 0) is 19.3 Å². The van der Waals surface area contributed by atoms with E-state index in [9.17, 15) is 0 Å². The Morgan fingerprint density at radius 3 is 1.18 bits per heavy atom. The van der Waals surface area contributed by atoms with Crippen molar-refractivity contribution in [3.63, 3.8) is 0 Å². The molecular weight excluding hydrogens is 296 g/mol. The van der Waals surface area contributed by atoms with Gasteiger partial charge >= 0.3 is 6.15 Å². The molecule has 0 bridgehead atoms. The van der Waals surface area contributed by atoms with Crippen LogP contribution in [0.25, 0.3) is 0 Å². The van der Waals surface area contributed by atoms with Gasteiger partial charge in [0, 0.05) is 13.2 Å². The second kappa shape index (κ2) is 22.0. The molecule has 0 aromatic carbocycles. The van der Waals surface area contributed by atoms with Crippen molar-refractivity contribution in [2.24, 2.45) is 10.8 Å². The Balaban J connectivity index is -0.0000000607. The predicted octanol–water partition coefficient (Wildman–Crippen LogP) is -0.144. The molecule has 136 valence electrons. The molecule has 0 amide bonds. The van der Waals surface area contributed by atoms with Gasteiger partial charge in [-0.3, -0.25) is 4.79 Å². The van der Waals surface area contributed by atoms with E-state index in [1.165, 1.54) is 0 Å². The van der Waals surface area contributed by atoms with Crippen LogP contribution < -0.4 is 5.26 Å². The minimum atomic E-state index is -0.181. The van der Waals surface area contributed by atoms with Crippen molar-refractivity contribution in [1.29, 1.82) is 0 Å². The molecule has 0 aromatic heterocycles. The van der Waals surface area contributed by atoms with Gasteiger partial charge in [-0.05, 0) is 23.7 Å². The van der Waals surface area contributed by atoms with E-state index < -0.39 is 0 Å². The van der Waals surface area contributed by atoms with Crippen LogP contribution in [0.4, 0.5) is 0 Å². The van der Waals surface area contributed by atoms with Gasteiger partial charge in [0.15, 0.2) is 0 Å². The summed E-state index contributed by atoms with van der Waals surface area (Å²) in [7, 11) is 0. The van der Waals surface area contributed by atoms with Crippen molar-refractivity contribution in [3.05, 3.63) is 0 Å². The fourth-order valence-corrected chi connectivity index (χ4v) is 0.224. The molecule has 22 heavy (non-hydrogen) atoms. The van der Waals surface area contributed by atoms with Gasteiger partial charge in [0.2, 0.25) is 0 Å². The largest absolute Gasteiger partial charge is 0.662 e. The van der Waals surface area contributed by atoms with E-state index in [2.05, 4.69) is 18.7 Å². The molecule has 4 N–H and O–H groups in total. The number of carbonyl (C=O) groups is 1. The summed E-state index contributed by atoms with van der Waals surface area (Å²) in [6.07, 6.45) is 2.34. The summed E-state index contributed by atoms with van der Waals surface area (Å²) in [6, 6.07) is 0. The fourth-order valence-electron chi connectivity index (χ4n) is 0.224. The molecule has 0 fully saturated rings. The first-order valence-electron chi connectivity index (χ1n) is 6.51. The van der Waals surface area contributed by atoms with E-state index >= 15 is 0 Å². The lowest BCUT2D eigenvalue weighted by molar-refractivity contribution is -0.652. The van der Waals surface area contributed by atoms with E-state index in [1.54, 1.807) is 0 Å². The molecule has 0 rings (SSSR count). The van der Waals surface area contributed by atoms with E-state index in [4.69, 9.17) is 29.9 Å². The summed E-state index contributed by atoms with van der Waals surface area (Å²) in [5, 5.41) is 25.6. The lowest BCUT2D eigenvalue weighted by atomic mass is 9.92. The first kappa shape index (κ1) is 32.6. The maximum atomic E-state index is 8.64. The summed E-state index contributed by atoms with van der Waals surface area (Å²) in [4.78, 5) is 27.5. The Bertz CT molecular complexity index is 217. The molecule has 8 nitrogen and oxygen atoms in total. The van der Waals surface area contributed by atoms with Gasteiger partial charge in [-0.1, -0.05) is 41.5 Å². The highest BCUT2D eigenvalue weighted by molar-refractivity contribution is 5.35. The second-order valence-electron chi connectivity index (χ2n) is 5.63. The average molecular weight is 327 g/mol. The van der Waals surface area contributed by atoms with Gasteiger partial charge in [0.05, 0.1) is 0 Å². The summed E-state index contributed by atoms with van der Waals surface area (Å²) in [5.41, 5.74) is 0.278. The first-order valence-corrected chi connectivity index (χ1v) is 6.51. The van der Waals surface area contributed by atoms with Crippen LogP contribution in [-0.4, -0.2) is 41.5 Å². The van der Waals surface area contributed by atoms with Crippen LogP contribution in [0.2, 0.25) is 0 Å². The SMILES string of the molecule is CCC(C)(C)CO.CCC(C)(C)CO.O.O=C=O.O=CO[O-]. The highest BCUT2D eigenvalue weighted by Crippen LogP contribution is 2.17. The standard InChI is InChI=1S/2C6H14O.CH2O3.CO2.H2O/c2*1-4-6(2,3)5-7;2-1-4-3;2-1-3;/h2*7H,4-5H2,1-3H3;1,3H;;1H2/p-1. The van der Waals surface area contributed by atoms with E-state index in [0.717, 1.165) is 12.8 Å². The fraction of sp³-hybridized carbons (Fsp3) is 0.857. The molecule has 0 aliphatic carbocycles. The highest BCUT2D eigenvalue weighted by Gasteiger charge is 2.11. The quantitative estimate of drug-likeness (QED) is 0.404. The Labute approximate surface area is 132 Å². The van der Waals surface area contributed by atoms with Gasteiger partial charge in [0.1, 0.15) is 0 Å². The maximum absolute atomic E-state index is 8.64. The van der Waals surface area contributed by atoms with Crippen LogP contribution in [0, 0.1) is 10.8 Å². The smallest absolute Gasteiger partial charge is 0.373 e. The summed E-state index contributed by atoms with van der Waals surface area (Å²) in [6.45, 7) is 12.8. The highest BCUT2D eigenvalue weighted by atomic mass is 17.1. The second-order valence-corrected chi connectivity index (χ2v) is 5.63. The van der Waals surface area contributed by atoms with Crippen LogP contribution >= 0.6 is 0 Å². The molecule has 0 aromatic rings. The van der Waals surface area contributed by atoms with Gasteiger partial charge in [-0.2, -0.15) is 9.59 Å². The minimum Gasteiger partial charge on any atom is -0.662 e. The third-order valence-corrected chi connectivity index (χ3v) is 2.81. The number of hydrogen-bond acceptors (Lipinski definition) is 7. The monoisotopic (exact) mass is 327 g/mol. The zero-order valence-electron chi connectivity index (χ0n) is 14.3. The summed E-state index contributed by atoms with van der Waals surface area (Å²) in [5.74, 6) is 0. The molecule has 0 radical (unpaired) electrons. The lowest BCUT2D eigenvalue weighted by Crippen LogP contribution is -2.14. The Morgan fingerprint density at radius 1 is 1.00 bits per heavy atom.